The Morgan fingerprint density at radius 2 is 1.55 bits per heavy atom. The van der Waals surface area contributed by atoms with Crippen LogP contribution in [0.3, 0.4) is 0 Å². The molecule has 0 fully saturated rings. The van der Waals surface area contributed by atoms with Crippen molar-refractivity contribution in [1.82, 2.24) is 0 Å². The van der Waals surface area contributed by atoms with E-state index in [4.69, 9.17) is 13.9 Å². The second-order valence-electron chi connectivity index (χ2n) is 10.2. The molecule has 0 aliphatic carbocycles. The standard InChI is InChI=1S/C23H46O5Si/c1-12-14-15-26-16-17(3)19(28-29(10,11)22(5,6)7)18(4)20(24)23(8,9)21(25)27-13-2/h17-19H,12-16H2,1-11H3/t17-,18+,19-/m0/s1. The Hall–Kier alpha value is -0.723. The van der Waals surface area contributed by atoms with Gasteiger partial charge in [-0.15, -0.1) is 0 Å². The molecule has 0 spiro atoms. The highest BCUT2D eigenvalue weighted by molar-refractivity contribution is 6.74. The highest BCUT2D eigenvalue weighted by atomic mass is 28.4. The molecule has 0 saturated heterocycles. The first-order valence-electron chi connectivity index (χ1n) is 11.1. The Morgan fingerprint density at radius 1 is 1.00 bits per heavy atom. The van der Waals surface area contributed by atoms with E-state index in [2.05, 4.69) is 47.7 Å². The zero-order chi connectivity index (χ0) is 23.0. The number of hydrogen-bond donors (Lipinski definition) is 0. The van der Waals surface area contributed by atoms with Gasteiger partial charge in [0.2, 0.25) is 0 Å². The smallest absolute Gasteiger partial charge is 0.319 e. The Balaban J connectivity index is 5.65. The molecule has 0 amide bonds. The van der Waals surface area contributed by atoms with Crippen molar-refractivity contribution >= 4 is 20.1 Å². The van der Waals surface area contributed by atoms with Crippen LogP contribution in [0.4, 0.5) is 0 Å². The lowest BCUT2D eigenvalue weighted by molar-refractivity contribution is -0.160. The first kappa shape index (κ1) is 28.3. The van der Waals surface area contributed by atoms with Gasteiger partial charge in [-0.2, -0.15) is 0 Å². The van der Waals surface area contributed by atoms with Crippen LogP contribution in [0.2, 0.25) is 18.1 Å². The highest BCUT2D eigenvalue weighted by Gasteiger charge is 2.47. The summed E-state index contributed by atoms with van der Waals surface area (Å²) in [7, 11) is -2.12. The Kier molecular flexibility index (Phi) is 11.3. The number of carbonyl (C=O) groups excluding carboxylic acids is 2. The SMILES string of the molecule is CCCCOC[C@H](C)[C@H](O[Si](C)(C)C(C)(C)C)[C@@H](C)C(=O)C(C)(C)C(=O)OCC. The van der Waals surface area contributed by atoms with Crippen LogP contribution in [0.15, 0.2) is 0 Å². The van der Waals surface area contributed by atoms with Crippen molar-refractivity contribution in [2.24, 2.45) is 17.3 Å². The lowest BCUT2D eigenvalue weighted by Crippen LogP contribution is -2.51. The molecule has 29 heavy (non-hydrogen) atoms. The summed E-state index contributed by atoms with van der Waals surface area (Å²) >= 11 is 0. The van der Waals surface area contributed by atoms with E-state index in [9.17, 15) is 9.59 Å². The summed E-state index contributed by atoms with van der Waals surface area (Å²) in [5.41, 5.74) is -1.20. The number of Topliss-reactive ketones (excluding diaryl/α,β-unsaturated/α-hetero) is 1. The van der Waals surface area contributed by atoms with Crippen molar-refractivity contribution in [2.75, 3.05) is 19.8 Å². The average molecular weight is 431 g/mol. The third kappa shape index (κ3) is 8.14. The topological polar surface area (TPSA) is 61.8 Å². The lowest BCUT2D eigenvalue weighted by Gasteiger charge is -2.43. The molecule has 3 atom stereocenters. The van der Waals surface area contributed by atoms with E-state index in [1.165, 1.54) is 0 Å². The van der Waals surface area contributed by atoms with Gasteiger partial charge in [0.05, 0.1) is 19.3 Å². The molecule has 0 radical (unpaired) electrons. The van der Waals surface area contributed by atoms with Gasteiger partial charge in [0.1, 0.15) is 5.41 Å². The summed E-state index contributed by atoms with van der Waals surface area (Å²) in [6.07, 6.45) is 1.80. The van der Waals surface area contributed by atoms with Gasteiger partial charge in [0.15, 0.2) is 14.1 Å². The number of unbranched alkanes of at least 4 members (excludes halogenated alkanes) is 1. The largest absolute Gasteiger partial charge is 0.465 e. The minimum absolute atomic E-state index is 0.0213. The van der Waals surface area contributed by atoms with Crippen molar-refractivity contribution in [3.05, 3.63) is 0 Å². The summed E-state index contributed by atoms with van der Waals surface area (Å²) < 4.78 is 17.7. The van der Waals surface area contributed by atoms with Gasteiger partial charge in [0, 0.05) is 18.4 Å². The van der Waals surface area contributed by atoms with Crippen LogP contribution in [-0.2, 0) is 23.5 Å². The molecule has 0 aromatic heterocycles. The van der Waals surface area contributed by atoms with E-state index < -0.39 is 25.6 Å². The fourth-order valence-corrected chi connectivity index (χ4v) is 4.44. The van der Waals surface area contributed by atoms with E-state index in [1.807, 2.05) is 6.92 Å². The molecule has 0 unspecified atom stereocenters. The normalized spacial score (nSPS) is 16.2. The number of rotatable bonds is 13. The quantitative estimate of drug-likeness (QED) is 0.164. The molecule has 0 aromatic rings. The highest BCUT2D eigenvalue weighted by Crippen LogP contribution is 2.40. The summed E-state index contributed by atoms with van der Waals surface area (Å²) in [5.74, 6) is -1.01. The number of ketones is 1. The van der Waals surface area contributed by atoms with E-state index in [0.717, 1.165) is 12.8 Å². The molecule has 0 N–H and O–H groups in total. The van der Waals surface area contributed by atoms with Gasteiger partial charge in [-0.1, -0.05) is 48.0 Å². The van der Waals surface area contributed by atoms with Gasteiger partial charge in [0.25, 0.3) is 0 Å². The first-order valence-corrected chi connectivity index (χ1v) is 14.0. The lowest BCUT2D eigenvalue weighted by atomic mass is 9.77. The molecular weight excluding hydrogens is 384 g/mol. The zero-order valence-corrected chi connectivity index (χ0v) is 21.8. The molecule has 0 aliphatic rings. The maximum absolute atomic E-state index is 13.3. The molecular formula is C23H46O5Si. The molecule has 0 heterocycles. The van der Waals surface area contributed by atoms with Crippen molar-refractivity contribution in [2.45, 2.75) is 99.4 Å². The second kappa shape index (κ2) is 11.6. The first-order chi connectivity index (χ1) is 13.1. The maximum Gasteiger partial charge on any atom is 0.319 e. The number of carbonyl (C=O) groups is 2. The molecule has 6 heteroatoms. The fourth-order valence-electron chi connectivity index (χ4n) is 2.97. The molecule has 172 valence electrons. The van der Waals surface area contributed by atoms with Crippen LogP contribution in [0.1, 0.15) is 75.2 Å². The molecule has 0 saturated carbocycles. The second-order valence-corrected chi connectivity index (χ2v) is 15.0. The van der Waals surface area contributed by atoms with Crippen LogP contribution >= 0.6 is 0 Å². The fraction of sp³-hybridized carbons (Fsp3) is 0.913. The van der Waals surface area contributed by atoms with Gasteiger partial charge in [-0.05, 0) is 45.3 Å². The van der Waals surface area contributed by atoms with Crippen molar-refractivity contribution in [3.8, 4) is 0 Å². The third-order valence-electron chi connectivity index (χ3n) is 6.13. The van der Waals surface area contributed by atoms with E-state index in [0.29, 0.717) is 13.2 Å². The predicted octanol–water partition coefficient (Wildman–Crippen LogP) is 5.62. The Morgan fingerprint density at radius 3 is 2.00 bits per heavy atom. The van der Waals surface area contributed by atoms with Crippen molar-refractivity contribution in [1.29, 1.82) is 0 Å². The van der Waals surface area contributed by atoms with Crippen LogP contribution in [0.25, 0.3) is 0 Å². The maximum atomic E-state index is 13.3. The van der Waals surface area contributed by atoms with Crippen molar-refractivity contribution < 1.29 is 23.5 Å². The van der Waals surface area contributed by atoms with Crippen LogP contribution < -0.4 is 0 Å². The number of esters is 1. The Bertz CT molecular complexity index is 522. The van der Waals surface area contributed by atoms with Crippen LogP contribution in [0, 0.1) is 17.3 Å². The van der Waals surface area contributed by atoms with Gasteiger partial charge in [-0.3, -0.25) is 9.59 Å². The van der Waals surface area contributed by atoms with E-state index >= 15 is 0 Å². The Labute approximate surface area is 180 Å². The summed E-state index contributed by atoms with van der Waals surface area (Å²) in [6, 6.07) is 0. The van der Waals surface area contributed by atoms with Crippen LogP contribution in [-0.4, -0.2) is 46.0 Å². The summed E-state index contributed by atoms with van der Waals surface area (Å²) in [5, 5.41) is 0.0213. The molecule has 0 bridgehead atoms. The predicted molar refractivity (Wildman–Crippen MR) is 122 cm³/mol. The van der Waals surface area contributed by atoms with Gasteiger partial charge in [-0.25, -0.2) is 0 Å². The summed E-state index contributed by atoms with van der Waals surface area (Å²) in [4.78, 5) is 25.7. The molecule has 0 aromatic carbocycles. The van der Waals surface area contributed by atoms with E-state index in [-0.39, 0.29) is 29.5 Å². The number of hydrogen-bond acceptors (Lipinski definition) is 5. The monoisotopic (exact) mass is 430 g/mol. The third-order valence-corrected chi connectivity index (χ3v) is 10.6. The molecule has 0 rings (SSSR count). The van der Waals surface area contributed by atoms with Crippen molar-refractivity contribution in [3.63, 3.8) is 0 Å². The minimum Gasteiger partial charge on any atom is -0.465 e. The zero-order valence-electron chi connectivity index (χ0n) is 20.8. The van der Waals surface area contributed by atoms with Gasteiger partial charge >= 0.3 is 5.97 Å². The minimum atomic E-state index is -2.12. The molecule has 0 aliphatic heterocycles. The molecule has 5 nitrogen and oxygen atoms in total. The van der Waals surface area contributed by atoms with E-state index in [1.54, 1.807) is 20.8 Å². The summed E-state index contributed by atoms with van der Waals surface area (Å²) in [6.45, 7) is 23.6. The number of ether oxygens (including phenoxy) is 2. The van der Waals surface area contributed by atoms with Gasteiger partial charge < -0.3 is 13.9 Å². The van der Waals surface area contributed by atoms with Crippen LogP contribution in [0.5, 0.6) is 0 Å². The average Bonchev–Trinajstić information content (AvgIpc) is 2.61.